The van der Waals surface area contributed by atoms with Gasteiger partial charge in [0.25, 0.3) is 5.91 Å². The summed E-state index contributed by atoms with van der Waals surface area (Å²) in [6.07, 6.45) is 9.05. The van der Waals surface area contributed by atoms with Gasteiger partial charge in [-0.25, -0.2) is 0 Å². The summed E-state index contributed by atoms with van der Waals surface area (Å²) in [5.41, 5.74) is 2.53. The van der Waals surface area contributed by atoms with Gasteiger partial charge < -0.3 is 20.1 Å². The Hall–Kier alpha value is -2.39. The number of carbonyl (C=O) groups is 2. The number of rotatable bonds is 14. The van der Waals surface area contributed by atoms with E-state index >= 15 is 0 Å². The van der Waals surface area contributed by atoms with Gasteiger partial charge in [-0.15, -0.1) is 12.6 Å². The second-order valence-corrected chi connectivity index (χ2v) is 7.68. The van der Waals surface area contributed by atoms with E-state index in [1.165, 1.54) is 0 Å². The van der Waals surface area contributed by atoms with Crippen LogP contribution in [0.15, 0.2) is 59.2 Å². The minimum Gasteiger partial charge on any atom is -0.458 e. The minimum absolute atomic E-state index is 0.156. The predicted octanol–water partition coefficient (Wildman–Crippen LogP) is 5.65. The fraction of sp³-hybridized carbons (Fsp3) is 0.320. The lowest BCUT2D eigenvalue weighted by Gasteiger charge is -2.15. The summed E-state index contributed by atoms with van der Waals surface area (Å²) in [5.74, 6) is 0.732. The fourth-order valence-corrected chi connectivity index (χ4v) is 3.09. The second-order valence-electron chi connectivity index (χ2n) is 6.55. The van der Waals surface area contributed by atoms with Crippen LogP contribution in [-0.2, 0) is 14.3 Å². The molecule has 1 aromatic carbocycles. The van der Waals surface area contributed by atoms with E-state index in [1.54, 1.807) is 37.5 Å². The molecule has 0 bridgehead atoms. The van der Waals surface area contributed by atoms with Crippen molar-refractivity contribution in [2.75, 3.05) is 13.7 Å². The maximum Gasteiger partial charge on any atom is 0.262 e. The lowest BCUT2D eigenvalue weighted by molar-refractivity contribution is -0.115. The smallest absolute Gasteiger partial charge is 0.262 e. The third kappa shape index (κ3) is 12.7. The lowest BCUT2D eigenvalue weighted by atomic mass is 10.1. The number of allylic oxidation sites excluding steroid dienone is 3. The maximum absolute atomic E-state index is 11.7. The summed E-state index contributed by atoms with van der Waals surface area (Å²) in [5, 5.41) is 5.48. The van der Waals surface area contributed by atoms with Crippen LogP contribution in [0.3, 0.4) is 0 Å². The van der Waals surface area contributed by atoms with E-state index in [0.717, 1.165) is 17.5 Å². The van der Waals surface area contributed by atoms with E-state index in [-0.39, 0.29) is 10.9 Å². The number of amides is 2. The van der Waals surface area contributed by atoms with Crippen molar-refractivity contribution in [3.63, 3.8) is 0 Å². The van der Waals surface area contributed by atoms with E-state index in [0.29, 0.717) is 41.5 Å². The summed E-state index contributed by atoms with van der Waals surface area (Å²) in [4.78, 5) is 22.6. The number of halogens is 1. The van der Waals surface area contributed by atoms with Gasteiger partial charge in [0.2, 0.25) is 6.41 Å². The molecule has 0 aliphatic rings. The first kappa shape index (κ1) is 31.6. The van der Waals surface area contributed by atoms with Crippen molar-refractivity contribution in [1.29, 1.82) is 0 Å². The molecule has 186 valence electrons. The zero-order valence-electron chi connectivity index (χ0n) is 20.0. The number of nitrogens with one attached hydrogen (secondary N) is 2. The predicted molar refractivity (Wildman–Crippen MR) is 148 cm³/mol. The molecule has 6 nitrogen and oxygen atoms in total. The van der Waals surface area contributed by atoms with Gasteiger partial charge in [-0.3, -0.25) is 9.59 Å². The van der Waals surface area contributed by atoms with Crippen LogP contribution in [0.4, 0.5) is 0 Å². The normalized spacial score (nSPS) is 12.3. The first-order valence-corrected chi connectivity index (χ1v) is 12.0. The standard InChI is InChI=1S/C23H27ClN2O4S2.C2H6/c1-4-5-19(8-6-16(2)10-18(13-29-3)25-14-27)30-20-9-7-17(21(24)12-20)11-22(32)23(28)26-15-31;1-2/h5-9,11-12,14-15,18,32H,2,4,10,13H2,1,3H3,(H,25,27)(H,26,28,31);1-2H3/b8-6-,19-5+,22-11+;. The van der Waals surface area contributed by atoms with Crippen LogP contribution in [0.5, 0.6) is 5.75 Å². The van der Waals surface area contributed by atoms with Gasteiger partial charge in [0.15, 0.2) is 0 Å². The van der Waals surface area contributed by atoms with Gasteiger partial charge in [0, 0.05) is 7.11 Å². The Morgan fingerprint density at radius 2 is 2.03 bits per heavy atom. The van der Waals surface area contributed by atoms with E-state index in [4.69, 9.17) is 21.1 Å². The van der Waals surface area contributed by atoms with Gasteiger partial charge in [-0.2, -0.15) is 0 Å². The van der Waals surface area contributed by atoms with Gasteiger partial charge in [0.05, 0.1) is 28.1 Å². The number of hydrogen-bond donors (Lipinski definition) is 3. The van der Waals surface area contributed by atoms with Crippen molar-refractivity contribution in [2.24, 2.45) is 0 Å². The average Bonchev–Trinajstić information content (AvgIpc) is 2.81. The van der Waals surface area contributed by atoms with Gasteiger partial charge >= 0.3 is 0 Å². The van der Waals surface area contributed by atoms with Gasteiger partial charge in [0.1, 0.15) is 11.5 Å². The zero-order valence-corrected chi connectivity index (χ0v) is 22.4. The Bertz CT molecular complexity index is 914. The third-order valence-electron chi connectivity index (χ3n) is 3.99. The molecule has 0 saturated heterocycles. The van der Waals surface area contributed by atoms with E-state index in [1.807, 2.05) is 32.9 Å². The number of methoxy groups -OCH3 is 1. The highest BCUT2D eigenvalue weighted by atomic mass is 35.5. The molecule has 9 heteroatoms. The van der Waals surface area contributed by atoms with Crippen LogP contribution < -0.4 is 15.4 Å². The maximum atomic E-state index is 11.7. The van der Waals surface area contributed by atoms with Crippen molar-refractivity contribution < 1.29 is 19.1 Å². The van der Waals surface area contributed by atoms with Crippen LogP contribution in [0.1, 0.15) is 39.2 Å². The molecular weight excluding hydrogens is 492 g/mol. The average molecular weight is 525 g/mol. The highest BCUT2D eigenvalue weighted by Gasteiger charge is 2.09. The highest BCUT2D eigenvalue weighted by Crippen LogP contribution is 2.27. The zero-order chi connectivity index (χ0) is 25.9. The van der Waals surface area contributed by atoms with Crippen LogP contribution >= 0.6 is 36.4 Å². The third-order valence-corrected chi connectivity index (χ3v) is 4.77. The summed E-state index contributed by atoms with van der Waals surface area (Å²) < 4.78 is 11.0. The molecule has 34 heavy (non-hydrogen) atoms. The topological polar surface area (TPSA) is 76.7 Å². The molecule has 0 aliphatic carbocycles. The number of thiol groups is 1. The van der Waals surface area contributed by atoms with Crippen molar-refractivity contribution in [3.05, 3.63) is 69.8 Å². The first-order valence-electron chi connectivity index (χ1n) is 10.7. The molecule has 0 heterocycles. The number of carbonyl (C=O) groups excluding carboxylic acids is 2. The SMILES string of the molecule is C=C(/C=C\C(=C/CC)Oc1ccc(/C=C(/S)C(=O)NC=S)c(Cl)c1)CC(COC)NC=O.CC. The molecule has 1 rings (SSSR count). The Balaban J connectivity index is 0.00000529. The monoisotopic (exact) mass is 524 g/mol. The molecule has 0 spiro atoms. The summed E-state index contributed by atoms with van der Waals surface area (Å²) >= 11 is 15.1. The summed E-state index contributed by atoms with van der Waals surface area (Å²) in [6, 6.07) is 4.97. The molecule has 1 unspecified atom stereocenters. The number of thiocarbonyl (C=S) groups is 1. The first-order chi connectivity index (χ1) is 16.3. The van der Waals surface area contributed by atoms with Crippen molar-refractivity contribution in [3.8, 4) is 5.75 Å². The van der Waals surface area contributed by atoms with Crippen LogP contribution in [-0.4, -0.2) is 37.6 Å². The largest absolute Gasteiger partial charge is 0.458 e. The van der Waals surface area contributed by atoms with Crippen LogP contribution in [0, 0.1) is 0 Å². The van der Waals surface area contributed by atoms with Gasteiger partial charge in [-0.1, -0.05) is 62.8 Å². The molecule has 0 aromatic heterocycles. The van der Waals surface area contributed by atoms with E-state index in [2.05, 4.69) is 42.1 Å². The van der Waals surface area contributed by atoms with Crippen molar-refractivity contribution in [1.82, 2.24) is 10.6 Å². The second kappa shape index (κ2) is 19.0. The highest BCUT2D eigenvalue weighted by molar-refractivity contribution is 7.85. The van der Waals surface area contributed by atoms with Crippen molar-refractivity contribution in [2.45, 2.75) is 39.7 Å². The fourth-order valence-electron chi connectivity index (χ4n) is 2.56. The Labute approximate surface area is 218 Å². The molecule has 0 radical (unpaired) electrons. The molecule has 2 N–H and O–H groups in total. The quantitative estimate of drug-likeness (QED) is 0.0732. The van der Waals surface area contributed by atoms with Gasteiger partial charge in [-0.05, 0) is 54.8 Å². The summed E-state index contributed by atoms with van der Waals surface area (Å²) in [6.45, 7) is 10.4. The number of benzene rings is 1. The molecule has 0 aliphatic heterocycles. The molecule has 2 amide bonds. The minimum atomic E-state index is -0.422. The van der Waals surface area contributed by atoms with E-state index < -0.39 is 5.91 Å². The number of ether oxygens (including phenoxy) is 2. The lowest BCUT2D eigenvalue weighted by Crippen LogP contribution is -2.32. The molecule has 1 aromatic rings. The number of hydrogen-bond acceptors (Lipinski definition) is 6. The Morgan fingerprint density at radius 3 is 2.59 bits per heavy atom. The molecular formula is C25H33ClN2O4S2. The molecule has 0 fully saturated rings. The Morgan fingerprint density at radius 1 is 1.32 bits per heavy atom. The molecule has 0 saturated carbocycles. The van der Waals surface area contributed by atoms with Crippen LogP contribution in [0.25, 0.3) is 6.08 Å². The van der Waals surface area contributed by atoms with Crippen molar-refractivity contribution >= 4 is 60.3 Å². The summed E-state index contributed by atoms with van der Waals surface area (Å²) in [7, 11) is 1.58. The van der Waals surface area contributed by atoms with E-state index in [9.17, 15) is 9.59 Å². The Kier molecular flexibility index (Phi) is 17.6. The molecule has 1 atom stereocenters. The van der Waals surface area contributed by atoms with Crippen LogP contribution in [0.2, 0.25) is 5.02 Å².